The summed E-state index contributed by atoms with van der Waals surface area (Å²) >= 11 is 0. The first-order valence-corrected chi connectivity index (χ1v) is 12.9. The molecule has 7 heteroatoms. The molecule has 0 bridgehead atoms. The Kier molecular flexibility index (Phi) is 7.23. The minimum Gasteiger partial charge on any atom is -0.441 e. The second-order valence-electron chi connectivity index (χ2n) is 8.83. The Bertz CT molecular complexity index is 911. The third-order valence-corrected chi connectivity index (χ3v) is 7.66. The van der Waals surface area contributed by atoms with E-state index in [4.69, 9.17) is 4.42 Å². The third-order valence-electron chi connectivity index (χ3n) is 6.50. The fraction of sp³-hybridized carbons (Fsp3) is 0.583. The van der Waals surface area contributed by atoms with Gasteiger partial charge in [-0.3, -0.25) is 9.00 Å². The van der Waals surface area contributed by atoms with Crippen LogP contribution in [-0.2, 0) is 21.3 Å². The molecule has 1 atom stereocenters. The molecule has 0 N–H and O–H groups in total. The van der Waals surface area contributed by atoms with E-state index in [0.29, 0.717) is 23.4 Å². The fourth-order valence-electron chi connectivity index (χ4n) is 4.58. The highest BCUT2D eigenvalue weighted by molar-refractivity contribution is 7.84. The standard InChI is InChI=1S/C24H33N3O3S/c1-18-6-8-20(9-7-18)24-25-22(19(2)30-24)16-31(29)17-23(28)27-14-10-21(11-15-27)26-12-4-3-5-13-26/h6-9,21H,3-5,10-17H2,1-2H3. The SMILES string of the molecule is Cc1ccc(-c2nc(CS(=O)CC(=O)N3CCC(N4CCCCC4)CC3)c(C)o2)cc1. The number of amides is 1. The molecule has 6 nitrogen and oxygen atoms in total. The van der Waals surface area contributed by atoms with Crippen molar-refractivity contribution in [2.45, 2.75) is 57.7 Å². The third kappa shape index (κ3) is 5.63. The number of carbonyl (C=O) groups excluding carboxylic acids is 1. The summed E-state index contributed by atoms with van der Waals surface area (Å²) in [5.41, 5.74) is 2.75. The minimum atomic E-state index is -1.30. The van der Waals surface area contributed by atoms with Gasteiger partial charge >= 0.3 is 0 Å². The van der Waals surface area contributed by atoms with E-state index >= 15 is 0 Å². The van der Waals surface area contributed by atoms with Gasteiger partial charge in [-0.15, -0.1) is 0 Å². The Labute approximate surface area is 187 Å². The van der Waals surface area contributed by atoms with Crippen molar-refractivity contribution in [1.29, 1.82) is 0 Å². The van der Waals surface area contributed by atoms with Crippen LogP contribution in [0.3, 0.4) is 0 Å². The maximum atomic E-state index is 12.7. The zero-order valence-corrected chi connectivity index (χ0v) is 19.5. The summed E-state index contributed by atoms with van der Waals surface area (Å²) in [6.45, 7) is 7.82. The van der Waals surface area contributed by atoms with Crippen molar-refractivity contribution in [3.63, 3.8) is 0 Å². The van der Waals surface area contributed by atoms with Crippen LogP contribution in [0.5, 0.6) is 0 Å². The van der Waals surface area contributed by atoms with Gasteiger partial charge in [0, 0.05) is 35.5 Å². The van der Waals surface area contributed by atoms with Crippen molar-refractivity contribution < 1.29 is 13.4 Å². The number of rotatable bonds is 6. The average Bonchev–Trinajstić information content (AvgIpc) is 3.15. The van der Waals surface area contributed by atoms with Crippen LogP contribution in [0.4, 0.5) is 0 Å². The van der Waals surface area contributed by atoms with Gasteiger partial charge in [0.2, 0.25) is 11.8 Å². The van der Waals surface area contributed by atoms with Gasteiger partial charge in [0.25, 0.3) is 0 Å². The van der Waals surface area contributed by atoms with E-state index in [1.165, 1.54) is 37.9 Å². The van der Waals surface area contributed by atoms with Crippen molar-refractivity contribution in [3.8, 4) is 11.5 Å². The molecule has 31 heavy (non-hydrogen) atoms. The molecule has 2 fully saturated rings. The van der Waals surface area contributed by atoms with Gasteiger partial charge in [0.1, 0.15) is 11.5 Å². The molecule has 168 valence electrons. The van der Waals surface area contributed by atoms with Crippen LogP contribution in [0.2, 0.25) is 0 Å². The van der Waals surface area contributed by atoms with Gasteiger partial charge < -0.3 is 14.2 Å². The zero-order chi connectivity index (χ0) is 21.8. The number of nitrogens with zero attached hydrogens (tertiary/aromatic N) is 3. The maximum Gasteiger partial charge on any atom is 0.235 e. The van der Waals surface area contributed by atoms with Crippen LogP contribution in [0.15, 0.2) is 28.7 Å². The number of aryl methyl sites for hydroxylation is 2. The second-order valence-corrected chi connectivity index (χ2v) is 10.3. The largest absolute Gasteiger partial charge is 0.441 e. The first-order chi connectivity index (χ1) is 15.0. The molecule has 0 aliphatic carbocycles. The van der Waals surface area contributed by atoms with Crippen molar-refractivity contribution in [2.24, 2.45) is 0 Å². The van der Waals surface area contributed by atoms with Crippen LogP contribution in [-0.4, -0.2) is 62.9 Å². The summed E-state index contributed by atoms with van der Waals surface area (Å²) < 4.78 is 18.5. The lowest BCUT2D eigenvalue weighted by Gasteiger charge is -2.40. The predicted octanol–water partition coefficient (Wildman–Crippen LogP) is 3.68. The highest BCUT2D eigenvalue weighted by Crippen LogP contribution is 2.24. The van der Waals surface area contributed by atoms with E-state index < -0.39 is 10.8 Å². The lowest BCUT2D eigenvalue weighted by molar-refractivity contribution is -0.130. The molecule has 2 aliphatic heterocycles. The number of carbonyl (C=O) groups is 1. The fourth-order valence-corrected chi connectivity index (χ4v) is 5.71. The minimum absolute atomic E-state index is 0.00432. The summed E-state index contributed by atoms with van der Waals surface area (Å²) in [6, 6.07) is 8.57. The normalized spacial score (nSPS) is 19.5. The van der Waals surface area contributed by atoms with E-state index in [9.17, 15) is 9.00 Å². The van der Waals surface area contributed by atoms with Gasteiger partial charge in [-0.25, -0.2) is 4.98 Å². The smallest absolute Gasteiger partial charge is 0.235 e. The number of aromatic nitrogens is 1. The molecular formula is C24H33N3O3S. The van der Waals surface area contributed by atoms with Gasteiger partial charge in [0.05, 0.1) is 11.4 Å². The number of hydrogen-bond donors (Lipinski definition) is 0. The zero-order valence-electron chi connectivity index (χ0n) is 18.6. The lowest BCUT2D eigenvalue weighted by Crippen LogP contribution is -2.49. The molecule has 0 spiro atoms. The van der Waals surface area contributed by atoms with Crippen LogP contribution < -0.4 is 0 Å². The van der Waals surface area contributed by atoms with Crippen molar-refractivity contribution >= 4 is 16.7 Å². The van der Waals surface area contributed by atoms with Crippen LogP contribution in [0.25, 0.3) is 11.5 Å². The first kappa shape index (κ1) is 22.2. The highest BCUT2D eigenvalue weighted by atomic mass is 32.2. The van der Waals surface area contributed by atoms with E-state index in [0.717, 1.165) is 31.5 Å². The summed E-state index contributed by atoms with van der Waals surface area (Å²) in [7, 11) is -1.30. The number of oxazole rings is 1. The number of hydrogen-bond acceptors (Lipinski definition) is 5. The Morgan fingerprint density at radius 1 is 1.06 bits per heavy atom. The molecule has 0 saturated carbocycles. The molecular weight excluding hydrogens is 410 g/mol. The Morgan fingerprint density at radius 3 is 2.42 bits per heavy atom. The van der Waals surface area contributed by atoms with E-state index in [1.807, 2.05) is 43.0 Å². The first-order valence-electron chi connectivity index (χ1n) is 11.4. The molecule has 4 rings (SSSR count). The molecule has 1 amide bonds. The van der Waals surface area contributed by atoms with Gasteiger partial charge in [-0.05, 0) is 64.8 Å². The van der Waals surface area contributed by atoms with Crippen LogP contribution in [0, 0.1) is 13.8 Å². The monoisotopic (exact) mass is 443 g/mol. The molecule has 1 unspecified atom stereocenters. The molecule has 2 aromatic rings. The Morgan fingerprint density at radius 2 is 1.74 bits per heavy atom. The van der Waals surface area contributed by atoms with Crippen molar-refractivity contribution in [3.05, 3.63) is 41.3 Å². The molecule has 0 radical (unpaired) electrons. The summed E-state index contributed by atoms with van der Waals surface area (Å²) in [5, 5.41) is 0. The van der Waals surface area contributed by atoms with Gasteiger partial charge in [0.15, 0.2) is 0 Å². The quantitative estimate of drug-likeness (QED) is 0.681. The number of piperidine rings is 2. The summed E-state index contributed by atoms with van der Waals surface area (Å²) in [4.78, 5) is 21.7. The average molecular weight is 444 g/mol. The van der Waals surface area contributed by atoms with Crippen LogP contribution in [0.1, 0.15) is 49.1 Å². The van der Waals surface area contributed by atoms with E-state index in [-0.39, 0.29) is 17.4 Å². The molecule has 1 aromatic heterocycles. The lowest BCUT2D eigenvalue weighted by atomic mass is 10.00. The van der Waals surface area contributed by atoms with E-state index in [1.54, 1.807) is 0 Å². The molecule has 2 aliphatic rings. The summed E-state index contributed by atoms with van der Waals surface area (Å²) in [5.74, 6) is 1.50. The summed E-state index contributed by atoms with van der Waals surface area (Å²) in [6.07, 6.45) is 5.99. The van der Waals surface area contributed by atoms with Crippen molar-refractivity contribution in [2.75, 3.05) is 31.9 Å². The molecule has 1 aromatic carbocycles. The van der Waals surface area contributed by atoms with Crippen LogP contribution >= 0.6 is 0 Å². The van der Waals surface area contributed by atoms with E-state index in [2.05, 4.69) is 9.88 Å². The second kappa shape index (κ2) is 10.1. The number of benzene rings is 1. The number of likely N-dealkylation sites (tertiary alicyclic amines) is 2. The maximum absolute atomic E-state index is 12.7. The van der Waals surface area contributed by atoms with Crippen molar-refractivity contribution in [1.82, 2.24) is 14.8 Å². The Hall–Kier alpha value is -1.99. The predicted molar refractivity (Wildman–Crippen MR) is 123 cm³/mol. The molecule has 3 heterocycles. The van der Waals surface area contributed by atoms with Gasteiger partial charge in [-0.2, -0.15) is 0 Å². The topological polar surface area (TPSA) is 66.7 Å². The highest BCUT2D eigenvalue weighted by Gasteiger charge is 2.28. The Balaban J connectivity index is 1.28. The van der Waals surface area contributed by atoms with Gasteiger partial charge in [-0.1, -0.05) is 24.1 Å². The molecule has 2 saturated heterocycles.